The molecule has 2 aromatic carbocycles. The molecule has 0 aliphatic carbocycles. The number of hydrogen-bond acceptors (Lipinski definition) is 6. The standard InChI is InChI=1S/C21H21FN2O5S2/c1-28-17-8-5-14(9-18(17)29-2)20(25)23-21-24(10-13-3-6-15(22)7-4-13)16-11-31(26,27)12-19(16)30-21/h3-9,16,19H,10-12H2,1-2H3. The van der Waals surface area contributed by atoms with Gasteiger partial charge in [-0.15, -0.1) is 0 Å². The van der Waals surface area contributed by atoms with Gasteiger partial charge in [0.2, 0.25) is 0 Å². The minimum absolute atomic E-state index is 0.00936. The van der Waals surface area contributed by atoms with Gasteiger partial charge >= 0.3 is 0 Å². The Labute approximate surface area is 184 Å². The zero-order chi connectivity index (χ0) is 22.2. The van der Waals surface area contributed by atoms with Crippen LogP contribution in [0, 0.1) is 5.82 Å². The second-order valence-electron chi connectivity index (χ2n) is 7.32. The maximum Gasteiger partial charge on any atom is 0.279 e. The molecule has 164 valence electrons. The molecule has 0 bridgehead atoms. The highest BCUT2D eigenvalue weighted by molar-refractivity contribution is 8.15. The molecule has 2 aliphatic rings. The summed E-state index contributed by atoms with van der Waals surface area (Å²) in [5.41, 5.74) is 1.13. The number of ether oxygens (including phenoxy) is 2. The van der Waals surface area contributed by atoms with Crippen molar-refractivity contribution >= 4 is 32.7 Å². The molecular formula is C21H21FN2O5S2. The van der Waals surface area contributed by atoms with Crippen molar-refractivity contribution in [3.63, 3.8) is 0 Å². The number of sulfone groups is 1. The fourth-order valence-electron chi connectivity index (χ4n) is 3.73. The van der Waals surface area contributed by atoms with Gasteiger partial charge in [0.1, 0.15) is 5.82 Å². The van der Waals surface area contributed by atoms with Gasteiger partial charge in [-0.25, -0.2) is 12.8 Å². The highest BCUT2D eigenvalue weighted by Gasteiger charge is 2.48. The van der Waals surface area contributed by atoms with E-state index in [4.69, 9.17) is 9.47 Å². The van der Waals surface area contributed by atoms with E-state index >= 15 is 0 Å². The van der Waals surface area contributed by atoms with Crippen molar-refractivity contribution in [3.8, 4) is 11.5 Å². The molecule has 4 rings (SSSR count). The third kappa shape index (κ3) is 4.54. The van der Waals surface area contributed by atoms with Crippen molar-refractivity contribution in [2.75, 3.05) is 25.7 Å². The third-order valence-corrected chi connectivity index (χ3v) is 8.52. The van der Waals surface area contributed by atoms with Crippen LogP contribution in [0.2, 0.25) is 0 Å². The van der Waals surface area contributed by atoms with Gasteiger partial charge in [0, 0.05) is 17.4 Å². The Hall–Kier alpha value is -2.59. The van der Waals surface area contributed by atoms with Gasteiger partial charge < -0.3 is 14.4 Å². The molecular weight excluding hydrogens is 443 g/mol. The number of carbonyl (C=O) groups excluding carboxylic acids is 1. The average Bonchev–Trinajstić information content (AvgIpc) is 3.20. The van der Waals surface area contributed by atoms with E-state index < -0.39 is 15.7 Å². The van der Waals surface area contributed by atoms with E-state index in [1.165, 1.54) is 38.1 Å². The molecule has 2 saturated heterocycles. The highest BCUT2D eigenvalue weighted by atomic mass is 32.2. The lowest BCUT2D eigenvalue weighted by Gasteiger charge is -2.24. The Kier molecular flexibility index (Phi) is 5.94. The number of thioether (sulfide) groups is 1. The molecule has 1 amide bonds. The van der Waals surface area contributed by atoms with Crippen LogP contribution in [0.1, 0.15) is 15.9 Å². The largest absolute Gasteiger partial charge is 0.493 e. The monoisotopic (exact) mass is 464 g/mol. The van der Waals surface area contributed by atoms with Crippen LogP contribution < -0.4 is 9.47 Å². The number of nitrogens with zero attached hydrogens (tertiary/aromatic N) is 2. The molecule has 0 radical (unpaired) electrons. The normalized spacial score (nSPS) is 23.1. The zero-order valence-electron chi connectivity index (χ0n) is 16.9. The molecule has 10 heteroatoms. The predicted octanol–water partition coefficient (Wildman–Crippen LogP) is 2.75. The average molecular weight is 465 g/mol. The van der Waals surface area contributed by atoms with E-state index in [0.29, 0.717) is 28.8 Å². The van der Waals surface area contributed by atoms with E-state index in [-0.39, 0.29) is 28.6 Å². The molecule has 2 fully saturated rings. The minimum Gasteiger partial charge on any atom is -0.493 e. The fraction of sp³-hybridized carbons (Fsp3) is 0.333. The summed E-state index contributed by atoms with van der Waals surface area (Å²) >= 11 is 1.30. The summed E-state index contributed by atoms with van der Waals surface area (Å²) in [6, 6.07) is 10.5. The number of fused-ring (bicyclic) bond motifs is 1. The number of rotatable bonds is 5. The van der Waals surface area contributed by atoms with Crippen molar-refractivity contribution in [2.45, 2.75) is 17.8 Å². The maximum absolute atomic E-state index is 13.3. The van der Waals surface area contributed by atoms with Gasteiger partial charge in [-0.05, 0) is 35.9 Å². The Bertz CT molecular complexity index is 1130. The van der Waals surface area contributed by atoms with Gasteiger partial charge in [-0.2, -0.15) is 4.99 Å². The summed E-state index contributed by atoms with van der Waals surface area (Å²) in [6.07, 6.45) is 0. The van der Waals surface area contributed by atoms with E-state index in [2.05, 4.69) is 4.99 Å². The van der Waals surface area contributed by atoms with Gasteiger partial charge in [0.15, 0.2) is 26.5 Å². The van der Waals surface area contributed by atoms with Crippen molar-refractivity contribution in [2.24, 2.45) is 4.99 Å². The van der Waals surface area contributed by atoms with Crippen LogP contribution in [0.4, 0.5) is 4.39 Å². The lowest BCUT2D eigenvalue weighted by Crippen LogP contribution is -2.37. The van der Waals surface area contributed by atoms with E-state index in [9.17, 15) is 17.6 Å². The second kappa shape index (κ2) is 8.51. The predicted molar refractivity (Wildman–Crippen MR) is 117 cm³/mol. The van der Waals surface area contributed by atoms with Crippen LogP contribution in [0.5, 0.6) is 11.5 Å². The molecule has 0 N–H and O–H groups in total. The van der Waals surface area contributed by atoms with Crippen LogP contribution >= 0.6 is 11.8 Å². The van der Waals surface area contributed by atoms with Crippen LogP contribution in [0.3, 0.4) is 0 Å². The van der Waals surface area contributed by atoms with Gasteiger partial charge in [-0.1, -0.05) is 23.9 Å². The number of halogens is 1. The smallest absolute Gasteiger partial charge is 0.279 e. The number of amidine groups is 1. The lowest BCUT2D eigenvalue weighted by atomic mass is 10.1. The van der Waals surface area contributed by atoms with Gasteiger partial charge in [0.05, 0.1) is 31.8 Å². The van der Waals surface area contributed by atoms with E-state index in [1.54, 1.807) is 30.3 Å². The Morgan fingerprint density at radius 1 is 1.13 bits per heavy atom. The molecule has 2 aromatic rings. The lowest BCUT2D eigenvalue weighted by molar-refractivity contribution is 0.100. The second-order valence-corrected chi connectivity index (χ2v) is 10.7. The topological polar surface area (TPSA) is 85.3 Å². The summed E-state index contributed by atoms with van der Waals surface area (Å²) in [7, 11) is -0.159. The zero-order valence-corrected chi connectivity index (χ0v) is 18.6. The Morgan fingerprint density at radius 3 is 2.52 bits per heavy atom. The summed E-state index contributed by atoms with van der Waals surface area (Å²) in [5.74, 6) is 0.161. The highest BCUT2D eigenvalue weighted by Crippen LogP contribution is 2.39. The Balaban J connectivity index is 1.64. The molecule has 2 unspecified atom stereocenters. The van der Waals surface area contributed by atoms with Gasteiger partial charge in [-0.3, -0.25) is 4.79 Å². The number of methoxy groups -OCH3 is 2. The van der Waals surface area contributed by atoms with Crippen molar-refractivity contribution in [1.29, 1.82) is 0 Å². The minimum atomic E-state index is -3.15. The first kappa shape index (κ1) is 21.6. The Morgan fingerprint density at radius 2 is 1.84 bits per heavy atom. The SMILES string of the molecule is COc1ccc(C(=O)N=C2SC3CS(=O)(=O)CC3N2Cc2ccc(F)cc2)cc1OC. The van der Waals surface area contributed by atoms with Crippen molar-refractivity contribution in [1.82, 2.24) is 4.90 Å². The molecule has 0 spiro atoms. The number of hydrogen-bond donors (Lipinski definition) is 0. The first-order chi connectivity index (χ1) is 14.8. The third-order valence-electron chi connectivity index (χ3n) is 5.27. The van der Waals surface area contributed by atoms with Crippen molar-refractivity contribution in [3.05, 3.63) is 59.4 Å². The number of aliphatic imine (C=N–C) groups is 1. The van der Waals surface area contributed by atoms with E-state index in [0.717, 1.165) is 5.56 Å². The van der Waals surface area contributed by atoms with Crippen LogP contribution in [-0.2, 0) is 16.4 Å². The van der Waals surface area contributed by atoms with Crippen molar-refractivity contribution < 1.29 is 27.1 Å². The molecule has 2 atom stereocenters. The summed E-state index contributed by atoms with van der Waals surface area (Å²) in [4.78, 5) is 19.0. The van der Waals surface area contributed by atoms with Crippen LogP contribution in [0.15, 0.2) is 47.5 Å². The quantitative estimate of drug-likeness (QED) is 0.673. The van der Waals surface area contributed by atoms with Crippen LogP contribution in [-0.4, -0.2) is 61.4 Å². The van der Waals surface area contributed by atoms with Crippen LogP contribution in [0.25, 0.3) is 0 Å². The fourth-order valence-corrected chi connectivity index (χ4v) is 7.68. The molecule has 2 heterocycles. The first-order valence-electron chi connectivity index (χ1n) is 9.53. The molecule has 31 heavy (non-hydrogen) atoms. The van der Waals surface area contributed by atoms with E-state index in [1.807, 2.05) is 4.90 Å². The maximum atomic E-state index is 13.3. The van der Waals surface area contributed by atoms with Gasteiger partial charge in [0.25, 0.3) is 5.91 Å². The molecule has 0 aromatic heterocycles. The summed E-state index contributed by atoms with van der Waals surface area (Å²) in [6.45, 7) is 0.335. The summed E-state index contributed by atoms with van der Waals surface area (Å²) < 4.78 is 48.0. The number of amides is 1. The summed E-state index contributed by atoms with van der Waals surface area (Å²) in [5, 5.41) is 0.274. The first-order valence-corrected chi connectivity index (χ1v) is 12.2. The number of carbonyl (C=O) groups is 1. The molecule has 2 aliphatic heterocycles. The number of benzene rings is 2. The molecule has 0 saturated carbocycles. The molecule has 7 nitrogen and oxygen atoms in total.